The normalized spacial score (nSPS) is 16.1. The predicted octanol–water partition coefficient (Wildman–Crippen LogP) is 3.22. The van der Waals surface area contributed by atoms with Gasteiger partial charge in [-0.1, -0.05) is 35.9 Å². The van der Waals surface area contributed by atoms with E-state index in [4.69, 9.17) is 21.1 Å². The number of carbonyl (C=O) groups is 1. The Morgan fingerprint density at radius 1 is 1.28 bits per heavy atom. The fourth-order valence-electron chi connectivity index (χ4n) is 3.32. The van der Waals surface area contributed by atoms with Crippen molar-refractivity contribution >= 4 is 17.5 Å². The number of halogens is 1. The first-order valence-corrected chi connectivity index (χ1v) is 10.2. The van der Waals surface area contributed by atoms with Gasteiger partial charge in [0.05, 0.1) is 19.2 Å². The van der Waals surface area contributed by atoms with Crippen molar-refractivity contribution in [2.75, 3.05) is 32.8 Å². The third-order valence-electron chi connectivity index (χ3n) is 4.73. The lowest BCUT2D eigenvalue weighted by atomic mass is 10.1. The summed E-state index contributed by atoms with van der Waals surface area (Å²) >= 11 is 5.93. The molecule has 156 valence electrons. The van der Waals surface area contributed by atoms with Crippen LogP contribution < -0.4 is 10.1 Å². The van der Waals surface area contributed by atoms with Gasteiger partial charge in [0, 0.05) is 30.3 Å². The molecule has 0 bridgehead atoms. The van der Waals surface area contributed by atoms with Crippen LogP contribution in [0.1, 0.15) is 18.4 Å². The first-order valence-electron chi connectivity index (χ1n) is 9.86. The smallest absolute Gasteiger partial charge is 0.234 e. The Balaban J connectivity index is 1.48. The molecule has 3 rings (SSSR count). The third-order valence-corrected chi connectivity index (χ3v) is 4.96. The Kier molecular flexibility index (Phi) is 8.16. The van der Waals surface area contributed by atoms with Gasteiger partial charge < -0.3 is 19.9 Å². The van der Waals surface area contributed by atoms with Gasteiger partial charge in [-0.15, -0.1) is 0 Å². The van der Waals surface area contributed by atoms with Crippen LogP contribution in [0.15, 0.2) is 48.5 Å². The predicted molar refractivity (Wildman–Crippen MR) is 112 cm³/mol. The lowest BCUT2D eigenvalue weighted by Gasteiger charge is -2.25. The molecule has 1 saturated heterocycles. The average Bonchev–Trinajstić information content (AvgIpc) is 3.20. The summed E-state index contributed by atoms with van der Waals surface area (Å²) in [7, 11) is 0. The molecule has 1 atom stereocenters. The lowest BCUT2D eigenvalue weighted by molar-refractivity contribution is -0.122. The quantitative estimate of drug-likeness (QED) is 0.580. The Bertz CT molecular complexity index is 796. The third kappa shape index (κ3) is 7.24. The molecular weight excluding hydrogens is 392 g/mol. The van der Waals surface area contributed by atoms with Crippen LogP contribution in [0, 0.1) is 0 Å². The number of nitrogens with zero attached hydrogens (tertiary/aromatic N) is 1. The maximum atomic E-state index is 12.4. The summed E-state index contributed by atoms with van der Waals surface area (Å²) in [6.45, 7) is 2.89. The Labute approximate surface area is 176 Å². The zero-order valence-electron chi connectivity index (χ0n) is 16.4. The molecule has 0 aliphatic carbocycles. The van der Waals surface area contributed by atoms with Crippen LogP contribution in [0.3, 0.4) is 0 Å². The molecule has 29 heavy (non-hydrogen) atoms. The highest BCUT2D eigenvalue weighted by atomic mass is 35.5. The molecule has 0 spiro atoms. The molecule has 7 heteroatoms. The summed E-state index contributed by atoms with van der Waals surface area (Å²) in [5.74, 6) is 0.819. The van der Waals surface area contributed by atoms with Crippen LogP contribution in [-0.2, 0) is 16.1 Å². The first-order chi connectivity index (χ1) is 14.1. The SMILES string of the molecule is O=C(CN(Cc1ccccc1O)CC1CCCO1)NCCOc1cccc(Cl)c1. The fraction of sp³-hybridized carbons (Fsp3) is 0.409. The van der Waals surface area contributed by atoms with E-state index in [2.05, 4.69) is 5.32 Å². The molecule has 0 radical (unpaired) electrons. The monoisotopic (exact) mass is 418 g/mol. The highest BCUT2D eigenvalue weighted by Crippen LogP contribution is 2.20. The van der Waals surface area contributed by atoms with Crippen molar-refractivity contribution in [3.8, 4) is 11.5 Å². The van der Waals surface area contributed by atoms with Crippen molar-refractivity contribution in [2.24, 2.45) is 0 Å². The number of rotatable bonds is 10. The van der Waals surface area contributed by atoms with E-state index in [0.29, 0.717) is 37.0 Å². The molecule has 0 aromatic heterocycles. The van der Waals surface area contributed by atoms with Crippen LogP contribution in [0.4, 0.5) is 0 Å². The second kappa shape index (κ2) is 11.0. The molecule has 2 N–H and O–H groups in total. The van der Waals surface area contributed by atoms with E-state index in [9.17, 15) is 9.90 Å². The number of hydrogen-bond donors (Lipinski definition) is 2. The topological polar surface area (TPSA) is 71.0 Å². The molecule has 1 heterocycles. The van der Waals surface area contributed by atoms with E-state index in [1.807, 2.05) is 29.2 Å². The fourth-order valence-corrected chi connectivity index (χ4v) is 3.50. The van der Waals surface area contributed by atoms with E-state index in [1.54, 1.807) is 24.3 Å². The van der Waals surface area contributed by atoms with Crippen LogP contribution >= 0.6 is 11.6 Å². The van der Waals surface area contributed by atoms with Gasteiger partial charge in [0.2, 0.25) is 5.91 Å². The van der Waals surface area contributed by atoms with Crippen LogP contribution in [0.5, 0.6) is 11.5 Å². The molecule has 2 aromatic rings. The van der Waals surface area contributed by atoms with Crippen molar-refractivity contribution in [1.82, 2.24) is 10.2 Å². The maximum Gasteiger partial charge on any atom is 0.234 e. The van der Waals surface area contributed by atoms with Gasteiger partial charge in [-0.3, -0.25) is 9.69 Å². The summed E-state index contributed by atoms with van der Waals surface area (Å²) in [5.41, 5.74) is 0.794. The van der Waals surface area contributed by atoms with Gasteiger partial charge in [0.1, 0.15) is 18.1 Å². The second-order valence-corrected chi connectivity index (χ2v) is 7.53. The number of carbonyl (C=O) groups excluding carboxylic acids is 1. The zero-order chi connectivity index (χ0) is 20.5. The number of aromatic hydroxyl groups is 1. The van der Waals surface area contributed by atoms with Gasteiger partial charge in [0.25, 0.3) is 0 Å². The van der Waals surface area contributed by atoms with Crippen LogP contribution in [0.25, 0.3) is 0 Å². The highest BCUT2D eigenvalue weighted by molar-refractivity contribution is 6.30. The minimum Gasteiger partial charge on any atom is -0.508 e. The molecule has 0 saturated carbocycles. The van der Waals surface area contributed by atoms with Gasteiger partial charge >= 0.3 is 0 Å². The summed E-state index contributed by atoms with van der Waals surface area (Å²) in [5, 5.41) is 13.6. The largest absolute Gasteiger partial charge is 0.508 e. The standard InChI is InChI=1S/C22H27ClN2O4/c23-18-6-3-7-19(13-18)29-12-10-24-22(27)16-25(15-20-8-4-11-28-20)14-17-5-1-2-9-21(17)26/h1-3,5-7,9,13,20,26H,4,8,10-12,14-16H2,(H,24,27). The van der Waals surface area contributed by atoms with Crippen molar-refractivity contribution < 1.29 is 19.4 Å². The molecular formula is C22H27ClN2O4. The molecule has 1 amide bonds. The highest BCUT2D eigenvalue weighted by Gasteiger charge is 2.21. The van der Waals surface area contributed by atoms with E-state index < -0.39 is 0 Å². The van der Waals surface area contributed by atoms with Crippen molar-refractivity contribution in [2.45, 2.75) is 25.5 Å². The van der Waals surface area contributed by atoms with Gasteiger partial charge in [-0.2, -0.15) is 0 Å². The number of phenols is 1. The number of nitrogens with one attached hydrogen (secondary N) is 1. The number of para-hydroxylation sites is 1. The number of hydrogen-bond acceptors (Lipinski definition) is 5. The number of benzene rings is 2. The van der Waals surface area contributed by atoms with Gasteiger partial charge in [0.15, 0.2) is 0 Å². The second-order valence-electron chi connectivity index (χ2n) is 7.09. The van der Waals surface area contributed by atoms with E-state index in [-0.39, 0.29) is 24.3 Å². The van der Waals surface area contributed by atoms with Crippen molar-refractivity contribution in [1.29, 1.82) is 0 Å². The van der Waals surface area contributed by atoms with E-state index in [1.165, 1.54) is 0 Å². The Hall–Kier alpha value is -2.28. The molecule has 1 aliphatic rings. The molecule has 6 nitrogen and oxygen atoms in total. The zero-order valence-corrected chi connectivity index (χ0v) is 17.1. The minimum atomic E-state index is -0.0897. The molecule has 1 unspecified atom stereocenters. The van der Waals surface area contributed by atoms with E-state index in [0.717, 1.165) is 25.0 Å². The van der Waals surface area contributed by atoms with Gasteiger partial charge in [-0.05, 0) is 37.1 Å². The lowest BCUT2D eigenvalue weighted by Crippen LogP contribution is -2.41. The molecule has 2 aromatic carbocycles. The number of ether oxygens (including phenoxy) is 2. The first kappa shape index (κ1) is 21.4. The summed E-state index contributed by atoms with van der Waals surface area (Å²) < 4.78 is 11.3. The summed E-state index contributed by atoms with van der Waals surface area (Å²) in [4.78, 5) is 14.4. The molecule has 1 aliphatic heterocycles. The van der Waals surface area contributed by atoms with Crippen molar-refractivity contribution in [3.63, 3.8) is 0 Å². The van der Waals surface area contributed by atoms with Crippen LogP contribution in [0.2, 0.25) is 5.02 Å². The number of phenolic OH excluding ortho intramolecular Hbond substituents is 1. The Morgan fingerprint density at radius 2 is 2.14 bits per heavy atom. The average molecular weight is 419 g/mol. The Morgan fingerprint density at radius 3 is 2.90 bits per heavy atom. The maximum absolute atomic E-state index is 12.4. The number of amides is 1. The minimum absolute atomic E-state index is 0.0897. The molecule has 1 fully saturated rings. The van der Waals surface area contributed by atoms with Crippen LogP contribution in [-0.4, -0.2) is 54.9 Å². The summed E-state index contributed by atoms with van der Waals surface area (Å²) in [6.07, 6.45) is 2.16. The van der Waals surface area contributed by atoms with Gasteiger partial charge in [-0.25, -0.2) is 0 Å². The van der Waals surface area contributed by atoms with E-state index >= 15 is 0 Å². The summed E-state index contributed by atoms with van der Waals surface area (Å²) in [6, 6.07) is 14.4. The van der Waals surface area contributed by atoms with Crippen molar-refractivity contribution in [3.05, 3.63) is 59.1 Å².